The minimum absolute atomic E-state index is 0.222. The molecule has 0 radical (unpaired) electrons. The lowest BCUT2D eigenvalue weighted by Crippen LogP contribution is -2.30. The second-order valence-electron chi connectivity index (χ2n) is 3.55. The molecule has 1 atom stereocenters. The molecule has 0 aromatic heterocycles. The highest BCUT2D eigenvalue weighted by Crippen LogP contribution is 2.23. The van der Waals surface area contributed by atoms with Crippen LogP contribution in [0.25, 0.3) is 0 Å². The minimum atomic E-state index is -0.991. The molecule has 6 heteroatoms. The summed E-state index contributed by atoms with van der Waals surface area (Å²) in [5, 5.41) is 0. The lowest BCUT2D eigenvalue weighted by atomic mass is 10.2. The van der Waals surface area contributed by atoms with Gasteiger partial charge in [0, 0.05) is 6.07 Å². The zero-order valence-corrected chi connectivity index (χ0v) is 10.4. The van der Waals surface area contributed by atoms with Crippen molar-refractivity contribution in [3.63, 3.8) is 0 Å². The summed E-state index contributed by atoms with van der Waals surface area (Å²) in [6.07, 6.45) is -0.991. The second-order valence-corrected chi connectivity index (χ2v) is 3.55. The van der Waals surface area contributed by atoms with E-state index in [1.54, 1.807) is 6.07 Å². The number of rotatable bonds is 5. The molecule has 98 valence electrons. The van der Waals surface area contributed by atoms with E-state index < -0.39 is 18.0 Å². The molecular formula is C12H15NO5. The lowest BCUT2D eigenvalue weighted by Gasteiger charge is -2.11. The van der Waals surface area contributed by atoms with Crippen LogP contribution in [0.15, 0.2) is 18.2 Å². The van der Waals surface area contributed by atoms with E-state index in [2.05, 4.69) is 0 Å². The normalized spacial score (nSPS) is 11.5. The largest absolute Gasteiger partial charge is 0.497 e. The Labute approximate surface area is 105 Å². The van der Waals surface area contributed by atoms with Crippen molar-refractivity contribution in [3.05, 3.63) is 23.8 Å². The molecule has 0 aliphatic carbocycles. The summed E-state index contributed by atoms with van der Waals surface area (Å²) in [6, 6.07) is 4.59. The van der Waals surface area contributed by atoms with Crippen LogP contribution in [0.4, 0.5) is 0 Å². The van der Waals surface area contributed by atoms with Crippen molar-refractivity contribution in [2.45, 2.75) is 13.0 Å². The van der Waals surface area contributed by atoms with Gasteiger partial charge in [-0.15, -0.1) is 0 Å². The molecule has 0 unspecified atom stereocenters. The monoisotopic (exact) mass is 253 g/mol. The SMILES string of the molecule is COc1cc(OC)cc(C(=O)O[C@H](C)C(N)=O)c1. The standard InChI is InChI=1S/C12H15NO5/c1-7(11(13)14)18-12(15)8-4-9(16-2)6-10(5-8)17-3/h4-7H,1-3H3,(H2,13,14)/t7-/m1/s1. The Hall–Kier alpha value is -2.24. The molecule has 0 aliphatic heterocycles. The predicted octanol–water partition coefficient (Wildman–Crippen LogP) is 0.734. The maximum atomic E-state index is 11.8. The Kier molecular flexibility index (Phi) is 4.53. The van der Waals surface area contributed by atoms with Crippen LogP contribution in [0.3, 0.4) is 0 Å². The van der Waals surface area contributed by atoms with Gasteiger partial charge in [-0.05, 0) is 19.1 Å². The summed E-state index contributed by atoms with van der Waals surface area (Å²) < 4.78 is 14.9. The number of amides is 1. The maximum Gasteiger partial charge on any atom is 0.339 e. The first kappa shape index (κ1) is 13.8. The predicted molar refractivity (Wildman–Crippen MR) is 63.6 cm³/mol. The molecule has 18 heavy (non-hydrogen) atoms. The molecule has 0 fully saturated rings. The molecule has 6 nitrogen and oxygen atoms in total. The van der Waals surface area contributed by atoms with E-state index in [9.17, 15) is 9.59 Å². The van der Waals surface area contributed by atoms with Crippen molar-refractivity contribution >= 4 is 11.9 Å². The van der Waals surface area contributed by atoms with Crippen molar-refractivity contribution in [2.24, 2.45) is 5.73 Å². The van der Waals surface area contributed by atoms with Crippen LogP contribution < -0.4 is 15.2 Å². The number of hydrogen-bond acceptors (Lipinski definition) is 5. The average Bonchev–Trinajstić information content (AvgIpc) is 2.37. The third kappa shape index (κ3) is 3.38. The van der Waals surface area contributed by atoms with Crippen molar-refractivity contribution < 1.29 is 23.8 Å². The average molecular weight is 253 g/mol. The Balaban J connectivity index is 2.94. The number of carbonyl (C=O) groups is 2. The van der Waals surface area contributed by atoms with Gasteiger partial charge >= 0.3 is 5.97 Å². The van der Waals surface area contributed by atoms with Crippen LogP contribution >= 0.6 is 0 Å². The van der Waals surface area contributed by atoms with E-state index in [-0.39, 0.29) is 5.56 Å². The fourth-order valence-corrected chi connectivity index (χ4v) is 1.21. The van der Waals surface area contributed by atoms with E-state index >= 15 is 0 Å². The number of hydrogen-bond donors (Lipinski definition) is 1. The first-order chi connectivity index (χ1) is 8.47. The molecular weight excluding hydrogens is 238 g/mol. The second kappa shape index (κ2) is 5.90. The summed E-state index contributed by atoms with van der Waals surface area (Å²) >= 11 is 0. The molecule has 0 spiro atoms. The van der Waals surface area contributed by atoms with E-state index in [1.807, 2.05) is 0 Å². The van der Waals surface area contributed by atoms with Crippen LogP contribution in [0.5, 0.6) is 11.5 Å². The fourth-order valence-electron chi connectivity index (χ4n) is 1.21. The van der Waals surface area contributed by atoms with Gasteiger partial charge in [-0.25, -0.2) is 4.79 Å². The number of benzene rings is 1. The molecule has 0 aliphatic rings. The third-order valence-corrected chi connectivity index (χ3v) is 2.27. The maximum absolute atomic E-state index is 11.8. The van der Waals surface area contributed by atoms with E-state index in [0.29, 0.717) is 11.5 Å². The van der Waals surface area contributed by atoms with Crippen LogP contribution in [0.2, 0.25) is 0 Å². The first-order valence-electron chi connectivity index (χ1n) is 5.21. The van der Waals surface area contributed by atoms with E-state index in [0.717, 1.165) is 0 Å². The summed E-state index contributed by atoms with van der Waals surface area (Å²) in [7, 11) is 2.94. The van der Waals surface area contributed by atoms with Crippen molar-refractivity contribution in [1.29, 1.82) is 0 Å². The molecule has 0 heterocycles. The number of ether oxygens (including phenoxy) is 3. The van der Waals surface area contributed by atoms with Crippen LogP contribution in [-0.2, 0) is 9.53 Å². The quantitative estimate of drug-likeness (QED) is 0.782. The Morgan fingerprint density at radius 2 is 1.61 bits per heavy atom. The molecule has 0 saturated carbocycles. The van der Waals surface area contributed by atoms with Gasteiger partial charge in [0.1, 0.15) is 11.5 Å². The lowest BCUT2D eigenvalue weighted by molar-refractivity contribution is -0.125. The number of methoxy groups -OCH3 is 2. The number of nitrogens with two attached hydrogens (primary N) is 1. The summed E-state index contributed by atoms with van der Waals surface area (Å²) in [5.74, 6) is -0.474. The van der Waals surface area contributed by atoms with Crippen molar-refractivity contribution in [2.75, 3.05) is 14.2 Å². The zero-order chi connectivity index (χ0) is 13.7. The summed E-state index contributed by atoms with van der Waals surface area (Å²) in [5.41, 5.74) is 5.23. The molecule has 1 aromatic carbocycles. The summed E-state index contributed by atoms with van der Waals surface area (Å²) in [4.78, 5) is 22.6. The van der Waals surface area contributed by atoms with Gasteiger partial charge < -0.3 is 19.9 Å². The smallest absolute Gasteiger partial charge is 0.339 e. The molecule has 2 N–H and O–H groups in total. The highest BCUT2D eigenvalue weighted by molar-refractivity contribution is 5.92. The molecule has 1 amide bonds. The fraction of sp³-hybridized carbons (Fsp3) is 0.333. The Bertz CT molecular complexity index is 436. The van der Waals surface area contributed by atoms with Gasteiger partial charge in [0.25, 0.3) is 5.91 Å². The summed E-state index contributed by atoms with van der Waals surface area (Å²) in [6.45, 7) is 1.40. The van der Waals surface area contributed by atoms with Gasteiger partial charge in [-0.3, -0.25) is 4.79 Å². The van der Waals surface area contributed by atoms with Crippen LogP contribution in [0, 0.1) is 0 Å². The van der Waals surface area contributed by atoms with Crippen LogP contribution in [0.1, 0.15) is 17.3 Å². The molecule has 1 aromatic rings. The van der Waals surface area contributed by atoms with Gasteiger partial charge in [0.05, 0.1) is 19.8 Å². The Morgan fingerprint density at radius 3 is 2.00 bits per heavy atom. The van der Waals surface area contributed by atoms with E-state index in [1.165, 1.54) is 33.3 Å². The van der Waals surface area contributed by atoms with E-state index in [4.69, 9.17) is 19.9 Å². The van der Waals surface area contributed by atoms with Crippen LogP contribution in [-0.4, -0.2) is 32.2 Å². The minimum Gasteiger partial charge on any atom is -0.497 e. The zero-order valence-electron chi connectivity index (χ0n) is 10.4. The number of esters is 1. The number of primary amides is 1. The molecule has 0 bridgehead atoms. The third-order valence-electron chi connectivity index (χ3n) is 2.27. The highest BCUT2D eigenvalue weighted by atomic mass is 16.5. The van der Waals surface area contributed by atoms with Gasteiger partial charge in [0.2, 0.25) is 0 Å². The molecule has 1 rings (SSSR count). The van der Waals surface area contributed by atoms with Gasteiger partial charge in [0.15, 0.2) is 6.10 Å². The van der Waals surface area contributed by atoms with Gasteiger partial charge in [-0.1, -0.05) is 0 Å². The van der Waals surface area contributed by atoms with Crippen molar-refractivity contribution in [1.82, 2.24) is 0 Å². The Morgan fingerprint density at radius 1 is 1.11 bits per heavy atom. The first-order valence-corrected chi connectivity index (χ1v) is 5.21. The molecule has 0 saturated heterocycles. The van der Waals surface area contributed by atoms with Gasteiger partial charge in [-0.2, -0.15) is 0 Å². The highest BCUT2D eigenvalue weighted by Gasteiger charge is 2.17. The van der Waals surface area contributed by atoms with Crippen molar-refractivity contribution in [3.8, 4) is 11.5 Å². The topological polar surface area (TPSA) is 87.8 Å². The number of carbonyl (C=O) groups excluding carboxylic acids is 2.